The van der Waals surface area contributed by atoms with Gasteiger partial charge in [-0.2, -0.15) is 11.8 Å². The van der Waals surface area contributed by atoms with Crippen molar-refractivity contribution in [2.45, 2.75) is 44.0 Å². The highest BCUT2D eigenvalue weighted by molar-refractivity contribution is 14.0. The first-order valence-corrected chi connectivity index (χ1v) is 11.4. The smallest absolute Gasteiger partial charge is 0.191 e. The lowest BCUT2D eigenvalue weighted by Gasteiger charge is -2.34. The molecule has 1 saturated heterocycles. The van der Waals surface area contributed by atoms with E-state index < -0.39 is 0 Å². The van der Waals surface area contributed by atoms with Gasteiger partial charge in [-0.15, -0.1) is 24.0 Å². The summed E-state index contributed by atoms with van der Waals surface area (Å²) in [4.78, 5) is 13.9. The van der Waals surface area contributed by atoms with Crippen molar-refractivity contribution in [3.05, 3.63) is 23.9 Å². The van der Waals surface area contributed by atoms with E-state index in [0.29, 0.717) is 6.04 Å². The quantitative estimate of drug-likeness (QED) is 0.343. The van der Waals surface area contributed by atoms with E-state index >= 15 is 0 Å². The Morgan fingerprint density at radius 1 is 1.29 bits per heavy atom. The molecule has 2 fully saturated rings. The average molecular weight is 519 g/mol. The summed E-state index contributed by atoms with van der Waals surface area (Å²) in [6.45, 7) is 8.48. The summed E-state index contributed by atoms with van der Waals surface area (Å²) in [7, 11) is 1.85. The number of anilines is 1. The Balaban J connectivity index is 0.00000280. The maximum absolute atomic E-state index is 4.59. The Kier molecular flexibility index (Phi) is 10.1. The number of guanidine groups is 1. The number of hydrogen-bond donors (Lipinski definition) is 2. The predicted molar refractivity (Wildman–Crippen MR) is 132 cm³/mol. The molecule has 2 N–H and O–H groups in total. The summed E-state index contributed by atoms with van der Waals surface area (Å²) in [6.07, 6.45) is 7.90. The molecule has 2 aliphatic rings. The van der Waals surface area contributed by atoms with Gasteiger partial charge in [-0.25, -0.2) is 4.98 Å². The number of pyridine rings is 1. The number of aliphatic imine (C=N–C) groups is 1. The van der Waals surface area contributed by atoms with Gasteiger partial charge in [0.2, 0.25) is 0 Å². The summed E-state index contributed by atoms with van der Waals surface area (Å²) < 4.78 is 0. The molecule has 1 aliphatic carbocycles. The van der Waals surface area contributed by atoms with Crippen molar-refractivity contribution in [1.82, 2.24) is 20.5 Å². The van der Waals surface area contributed by atoms with E-state index in [1.807, 2.05) is 25.0 Å². The van der Waals surface area contributed by atoms with E-state index in [4.69, 9.17) is 0 Å². The second-order valence-corrected chi connectivity index (χ2v) is 8.52. The monoisotopic (exact) mass is 518 g/mol. The van der Waals surface area contributed by atoms with Crippen molar-refractivity contribution in [2.75, 3.05) is 50.9 Å². The largest absolute Gasteiger partial charge is 0.354 e. The van der Waals surface area contributed by atoms with Gasteiger partial charge in [0.1, 0.15) is 5.82 Å². The topological polar surface area (TPSA) is 55.8 Å². The molecular weight excluding hydrogens is 483 g/mol. The molecule has 1 saturated carbocycles. The third-order valence-electron chi connectivity index (χ3n) is 5.70. The third kappa shape index (κ3) is 6.66. The van der Waals surface area contributed by atoms with Crippen molar-refractivity contribution >= 4 is 47.5 Å². The van der Waals surface area contributed by atoms with Crippen LogP contribution >= 0.6 is 35.7 Å². The number of piperazine rings is 1. The molecule has 0 radical (unpaired) electrons. The van der Waals surface area contributed by atoms with E-state index in [-0.39, 0.29) is 24.0 Å². The van der Waals surface area contributed by atoms with Crippen LogP contribution in [0.5, 0.6) is 0 Å². The molecule has 0 bridgehead atoms. The van der Waals surface area contributed by atoms with Crippen molar-refractivity contribution in [3.63, 3.8) is 0 Å². The number of halogens is 1. The SMILES string of the molecule is CCN1CCN(c2cc(CNC(=NC)NC3CCC(SC)C3)ccn2)CC1.I. The number of likely N-dealkylation sites (N-methyl/N-ethyl adjacent to an activating group) is 1. The van der Waals surface area contributed by atoms with Gasteiger partial charge in [0, 0.05) is 57.3 Å². The second-order valence-electron chi connectivity index (χ2n) is 7.38. The lowest BCUT2D eigenvalue weighted by molar-refractivity contribution is 0.270. The molecule has 28 heavy (non-hydrogen) atoms. The first-order chi connectivity index (χ1) is 13.2. The van der Waals surface area contributed by atoms with Crippen LogP contribution in [-0.2, 0) is 6.54 Å². The number of hydrogen-bond acceptors (Lipinski definition) is 5. The van der Waals surface area contributed by atoms with Crippen LogP contribution in [0.2, 0.25) is 0 Å². The van der Waals surface area contributed by atoms with Gasteiger partial charge in [-0.3, -0.25) is 4.99 Å². The maximum atomic E-state index is 4.59. The molecule has 6 nitrogen and oxygen atoms in total. The highest BCUT2D eigenvalue weighted by atomic mass is 127. The van der Waals surface area contributed by atoms with E-state index in [0.717, 1.165) is 56.3 Å². The Morgan fingerprint density at radius 3 is 2.71 bits per heavy atom. The maximum Gasteiger partial charge on any atom is 0.191 e. The van der Waals surface area contributed by atoms with Crippen LogP contribution in [0.1, 0.15) is 31.7 Å². The lowest BCUT2D eigenvalue weighted by Crippen LogP contribution is -2.46. The van der Waals surface area contributed by atoms with E-state index in [1.165, 1.54) is 24.8 Å². The highest BCUT2D eigenvalue weighted by Crippen LogP contribution is 2.28. The summed E-state index contributed by atoms with van der Waals surface area (Å²) >= 11 is 1.98. The fraction of sp³-hybridized carbons (Fsp3) is 0.700. The summed E-state index contributed by atoms with van der Waals surface area (Å²) in [5.74, 6) is 1.99. The molecule has 8 heteroatoms. The molecular formula is C20H35IN6S. The van der Waals surface area contributed by atoms with Crippen LogP contribution in [-0.4, -0.2) is 73.2 Å². The zero-order valence-electron chi connectivity index (χ0n) is 17.4. The van der Waals surface area contributed by atoms with Crippen molar-refractivity contribution in [3.8, 4) is 0 Å². The van der Waals surface area contributed by atoms with Crippen LogP contribution in [0.3, 0.4) is 0 Å². The van der Waals surface area contributed by atoms with Crippen LogP contribution in [0.25, 0.3) is 0 Å². The van der Waals surface area contributed by atoms with Crippen molar-refractivity contribution in [2.24, 2.45) is 4.99 Å². The molecule has 1 aliphatic heterocycles. The Hall–Kier alpha value is -0.740. The van der Waals surface area contributed by atoms with Gasteiger partial charge >= 0.3 is 0 Å². The minimum atomic E-state index is 0. The van der Waals surface area contributed by atoms with Crippen molar-refractivity contribution < 1.29 is 0 Å². The molecule has 2 heterocycles. The lowest BCUT2D eigenvalue weighted by atomic mass is 10.2. The van der Waals surface area contributed by atoms with Crippen LogP contribution in [0.4, 0.5) is 5.82 Å². The molecule has 2 atom stereocenters. The first kappa shape index (κ1) is 23.5. The zero-order valence-corrected chi connectivity index (χ0v) is 20.5. The normalized spacial score (nSPS) is 23.4. The fourth-order valence-corrected chi connectivity index (χ4v) is 4.69. The number of rotatable bonds is 6. The standard InChI is InChI=1S/C20H34N6S.HI/c1-4-25-9-11-26(12-10-25)19-13-16(7-8-22-19)15-23-20(21-2)24-17-5-6-18(14-17)27-3;/h7-8,13,17-18H,4-6,9-12,14-15H2,1-3H3,(H2,21,23,24);1H. The van der Waals surface area contributed by atoms with Gasteiger partial charge in [-0.1, -0.05) is 6.92 Å². The molecule has 0 amide bonds. The third-order valence-corrected chi connectivity index (χ3v) is 6.79. The molecule has 0 aromatic carbocycles. The first-order valence-electron chi connectivity index (χ1n) is 10.1. The summed E-state index contributed by atoms with van der Waals surface area (Å²) in [5, 5.41) is 7.84. The Labute approximate surface area is 191 Å². The highest BCUT2D eigenvalue weighted by Gasteiger charge is 2.24. The molecule has 1 aromatic heterocycles. The Morgan fingerprint density at radius 2 is 2.07 bits per heavy atom. The summed E-state index contributed by atoms with van der Waals surface area (Å²) in [5.41, 5.74) is 1.24. The van der Waals surface area contributed by atoms with Gasteiger partial charge in [-0.05, 0) is 49.8 Å². The molecule has 3 rings (SSSR count). The fourth-order valence-electron chi connectivity index (χ4n) is 3.90. The molecule has 1 aromatic rings. The van der Waals surface area contributed by atoms with Crippen molar-refractivity contribution in [1.29, 1.82) is 0 Å². The minimum Gasteiger partial charge on any atom is -0.354 e. The summed E-state index contributed by atoms with van der Waals surface area (Å²) in [6, 6.07) is 4.84. The van der Waals surface area contributed by atoms with Crippen LogP contribution in [0, 0.1) is 0 Å². The molecule has 2 unspecified atom stereocenters. The van der Waals surface area contributed by atoms with E-state index in [1.54, 1.807) is 0 Å². The average Bonchev–Trinajstić information content (AvgIpc) is 3.19. The van der Waals surface area contributed by atoms with Gasteiger partial charge < -0.3 is 20.4 Å². The van der Waals surface area contributed by atoms with Crippen LogP contribution < -0.4 is 15.5 Å². The van der Waals surface area contributed by atoms with Gasteiger partial charge in [0.25, 0.3) is 0 Å². The zero-order chi connectivity index (χ0) is 19.1. The predicted octanol–water partition coefficient (Wildman–Crippen LogP) is 2.79. The van der Waals surface area contributed by atoms with E-state index in [9.17, 15) is 0 Å². The van der Waals surface area contributed by atoms with E-state index in [2.05, 4.69) is 55.7 Å². The molecule has 158 valence electrons. The molecule has 0 spiro atoms. The van der Waals surface area contributed by atoms with Gasteiger partial charge in [0.05, 0.1) is 0 Å². The minimum absolute atomic E-state index is 0. The number of nitrogens with one attached hydrogen (secondary N) is 2. The second kappa shape index (κ2) is 12.1. The Bertz CT molecular complexity index is 620. The number of nitrogens with zero attached hydrogens (tertiary/aromatic N) is 4. The van der Waals surface area contributed by atoms with Gasteiger partial charge in [0.15, 0.2) is 5.96 Å². The van der Waals surface area contributed by atoms with Crippen LogP contribution in [0.15, 0.2) is 23.3 Å². The number of thioether (sulfide) groups is 1. The number of aromatic nitrogens is 1.